The molecule has 1 fully saturated rings. The second-order valence-corrected chi connectivity index (χ2v) is 6.49. The summed E-state index contributed by atoms with van der Waals surface area (Å²) in [5, 5.41) is 9.34. The highest BCUT2D eigenvalue weighted by Gasteiger charge is 2.44. The fourth-order valence-electron chi connectivity index (χ4n) is 3.46. The van der Waals surface area contributed by atoms with Crippen molar-refractivity contribution in [2.45, 2.75) is 71.3 Å². The van der Waals surface area contributed by atoms with Crippen molar-refractivity contribution in [1.29, 1.82) is 0 Å². The van der Waals surface area contributed by atoms with Gasteiger partial charge in [0.15, 0.2) is 0 Å². The number of rotatable bonds is 7. The molecule has 1 aliphatic carbocycles. The molecular weight excluding hydrogens is 284 g/mol. The molecule has 0 aliphatic heterocycles. The smallest absolute Gasteiger partial charge is 0.235 e. The van der Waals surface area contributed by atoms with Crippen molar-refractivity contribution in [1.82, 2.24) is 4.90 Å². The maximum absolute atomic E-state index is 13.2. The summed E-state index contributed by atoms with van der Waals surface area (Å²) in [5.41, 5.74) is 5.32. The van der Waals surface area contributed by atoms with Gasteiger partial charge in [-0.3, -0.25) is 4.79 Å². The number of aliphatic hydroxyl groups excluding tert-OH is 1. The maximum atomic E-state index is 13.2. The minimum atomic E-state index is -0.691. The van der Waals surface area contributed by atoms with Gasteiger partial charge in [-0.1, -0.05) is 51.7 Å². The minimum absolute atomic E-state index is 0.0182. The monoisotopic (exact) mass is 314 g/mol. The molecule has 0 aromatic rings. The van der Waals surface area contributed by atoms with E-state index in [1.54, 1.807) is 0 Å². The largest absolute Gasteiger partial charge is 0.395 e. The van der Waals surface area contributed by atoms with Crippen LogP contribution in [0.2, 0.25) is 0 Å². The quantitative estimate of drug-likeness (QED) is 0.560. The van der Waals surface area contributed by atoms with Crippen molar-refractivity contribution in [3.63, 3.8) is 0 Å². The maximum Gasteiger partial charge on any atom is 0.235 e. The summed E-state index contributed by atoms with van der Waals surface area (Å²) in [6.45, 7) is 4.50. The molecule has 0 unspecified atom stereocenters. The lowest BCUT2D eigenvalue weighted by atomic mass is 9.78. The second-order valence-electron chi connectivity index (χ2n) is 6.05. The van der Waals surface area contributed by atoms with E-state index in [9.17, 15) is 9.90 Å². The van der Waals surface area contributed by atoms with Crippen LogP contribution in [-0.2, 0) is 4.79 Å². The molecule has 0 saturated heterocycles. The molecule has 1 saturated carbocycles. The van der Waals surface area contributed by atoms with Gasteiger partial charge in [-0.2, -0.15) is 0 Å². The summed E-state index contributed by atoms with van der Waals surface area (Å²) in [6.07, 6.45) is 7.56. The minimum Gasteiger partial charge on any atom is -0.395 e. The van der Waals surface area contributed by atoms with Crippen LogP contribution in [0.1, 0.15) is 65.2 Å². The Morgan fingerprint density at radius 3 is 2.14 bits per heavy atom. The summed E-state index contributed by atoms with van der Waals surface area (Å²) in [4.78, 5) is 15.4. The van der Waals surface area contributed by atoms with Gasteiger partial charge in [-0.15, -0.1) is 0 Å². The van der Waals surface area contributed by atoms with Crippen LogP contribution in [0.4, 0.5) is 0 Å². The Balaban J connectivity index is 3.08. The van der Waals surface area contributed by atoms with Crippen molar-refractivity contribution in [3.05, 3.63) is 0 Å². The Morgan fingerprint density at radius 2 is 1.76 bits per heavy atom. The van der Waals surface area contributed by atoms with Gasteiger partial charge in [0.2, 0.25) is 5.91 Å². The van der Waals surface area contributed by atoms with Crippen LogP contribution in [0.25, 0.3) is 0 Å². The van der Waals surface area contributed by atoms with Crippen molar-refractivity contribution in [3.8, 4) is 0 Å². The summed E-state index contributed by atoms with van der Waals surface area (Å²) < 4.78 is 0. The number of hydrogen-bond donors (Lipinski definition) is 2. The highest BCUT2D eigenvalue weighted by molar-refractivity contribution is 7.80. The Labute approximate surface area is 134 Å². The standard InChI is InChI=1S/C16H30N2O2S/c1-3-13(4-2)18(11-12-19)15(20)16(14(17)21)9-7-5-6-8-10-16/h13,19H,3-12H2,1-2H3,(H2,17,21). The first-order chi connectivity index (χ1) is 10.0. The first-order valence-electron chi connectivity index (χ1n) is 8.25. The van der Waals surface area contributed by atoms with E-state index in [0.717, 1.165) is 51.4 Å². The fraction of sp³-hybridized carbons (Fsp3) is 0.875. The third kappa shape index (κ3) is 4.16. The van der Waals surface area contributed by atoms with E-state index in [-0.39, 0.29) is 18.6 Å². The lowest BCUT2D eigenvalue weighted by molar-refractivity contribution is -0.142. The summed E-state index contributed by atoms with van der Waals surface area (Å²) >= 11 is 5.29. The van der Waals surface area contributed by atoms with Crippen LogP contribution in [0.15, 0.2) is 0 Å². The summed E-state index contributed by atoms with van der Waals surface area (Å²) in [5.74, 6) is 0.0413. The van der Waals surface area contributed by atoms with Crippen LogP contribution >= 0.6 is 12.2 Å². The molecule has 5 heteroatoms. The lowest BCUT2D eigenvalue weighted by Crippen LogP contribution is -2.54. The van der Waals surface area contributed by atoms with E-state index in [2.05, 4.69) is 13.8 Å². The molecule has 4 nitrogen and oxygen atoms in total. The number of nitrogens with two attached hydrogens (primary N) is 1. The van der Waals surface area contributed by atoms with E-state index in [0.29, 0.717) is 11.5 Å². The topological polar surface area (TPSA) is 66.6 Å². The summed E-state index contributed by atoms with van der Waals surface area (Å²) in [6, 6.07) is 0.152. The van der Waals surface area contributed by atoms with Crippen LogP contribution in [0, 0.1) is 5.41 Å². The van der Waals surface area contributed by atoms with Gasteiger partial charge < -0.3 is 15.7 Å². The Bertz CT molecular complexity index is 348. The van der Waals surface area contributed by atoms with Gasteiger partial charge in [0.1, 0.15) is 0 Å². The van der Waals surface area contributed by atoms with E-state index in [1.165, 1.54) is 0 Å². The molecule has 122 valence electrons. The van der Waals surface area contributed by atoms with Gasteiger partial charge in [0.05, 0.1) is 17.0 Å². The number of hydrogen-bond acceptors (Lipinski definition) is 3. The molecule has 0 atom stereocenters. The first-order valence-corrected chi connectivity index (χ1v) is 8.66. The average molecular weight is 314 g/mol. The van der Waals surface area contributed by atoms with Crippen molar-refractivity contribution in [2.24, 2.45) is 11.1 Å². The number of carbonyl (C=O) groups is 1. The average Bonchev–Trinajstić information content (AvgIpc) is 2.73. The van der Waals surface area contributed by atoms with Crippen molar-refractivity contribution in [2.75, 3.05) is 13.2 Å². The Kier molecular flexibility index (Phi) is 7.60. The Morgan fingerprint density at radius 1 is 1.24 bits per heavy atom. The number of aliphatic hydroxyl groups is 1. The van der Waals surface area contributed by atoms with Crippen molar-refractivity contribution < 1.29 is 9.90 Å². The highest BCUT2D eigenvalue weighted by Crippen LogP contribution is 2.38. The SMILES string of the molecule is CCC(CC)N(CCO)C(=O)C1(C(N)=S)CCCCCC1. The molecule has 0 radical (unpaired) electrons. The number of thiocarbonyl (C=S) groups is 1. The molecule has 0 aromatic carbocycles. The normalized spacial score (nSPS) is 18.3. The third-order valence-electron chi connectivity index (χ3n) is 4.82. The Hall–Kier alpha value is -0.680. The zero-order valence-corrected chi connectivity index (χ0v) is 14.3. The number of nitrogens with zero attached hydrogens (tertiary/aromatic N) is 1. The van der Waals surface area contributed by atoms with E-state index in [1.807, 2.05) is 4.90 Å². The van der Waals surface area contributed by atoms with E-state index in [4.69, 9.17) is 18.0 Å². The van der Waals surface area contributed by atoms with Crippen molar-refractivity contribution >= 4 is 23.1 Å². The fourth-order valence-corrected chi connectivity index (χ4v) is 3.75. The molecule has 1 rings (SSSR count). The van der Waals surface area contributed by atoms with E-state index >= 15 is 0 Å². The molecule has 0 aromatic heterocycles. The second kappa shape index (κ2) is 8.69. The summed E-state index contributed by atoms with van der Waals surface area (Å²) in [7, 11) is 0. The molecule has 1 amide bonds. The molecular formula is C16H30N2O2S. The molecule has 3 N–H and O–H groups in total. The van der Waals surface area contributed by atoms with Crippen LogP contribution in [-0.4, -0.2) is 40.1 Å². The van der Waals surface area contributed by atoms with Crippen LogP contribution in [0.5, 0.6) is 0 Å². The van der Waals surface area contributed by atoms with Crippen LogP contribution in [0.3, 0.4) is 0 Å². The highest BCUT2D eigenvalue weighted by atomic mass is 32.1. The number of carbonyl (C=O) groups excluding carboxylic acids is 1. The first kappa shape index (κ1) is 18.4. The molecule has 0 heterocycles. The predicted molar refractivity (Wildman–Crippen MR) is 90.1 cm³/mol. The van der Waals surface area contributed by atoms with Gasteiger partial charge in [-0.25, -0.2) is 0 Å². The predicted octanol–water partition coefficient (Wildman–Crippen LogP) is 2.62. The van der Waals surface area contributed by atoms with E-state index < -0.39 is 5.41 Å². The van der Waals surface area contributed by atoms with Crippen LogP contribution < -0.4 is 5.73 Å². The van der Waals surface area contributed by atoms with Gasteiger partial charge in [0.25, 0.3) is 0 Å². The van der Waals surface area contributed by atoms with Gasteiger partial charge >= 0.3 is 0 Å². The zero-order chi connectivity index (χ0) is 15.9. The lowest BCUT2D eigenvalue weighted by Gasteiger charge is -2.39. The third-order valence-corrected chi connectivity index (χ3v) is 5.21. The molecule has 0 bridgehead atoms. The molecule has 21 heavy (non-hydrogen) atoms. The zero-order valence-electron chi connectivity index (χ0n) is 13.4. The number of amides is 1. The molecule has 1 aliphatic rings. The van der Waals surface area contributed by atoms with Gasteiger partial charge in [0, 0.05) is 12.6 Å². The van der Waals surface area contributed by atoms with Gasteiger partial charge in [-0.05, 0) is 25.7 Å². The molecule has 0 spiro atoms.